The molecule has 3 rings (SSSR count). The van der Waals surface area contributed by atoms with Crippen LogP contribution >= 0.6 is 11.6 Å². The van der Waals surface area contributed by atoms with Gasteiger partial charge in [0.15, 0.2) is 5.75 Å². The third-order valence-electron chi connectivity index (χ3n) is 4.34. The first-order chi connectivity index (χ1) is 12.8. The van der Waals surface area contributed by atoms with Crippen LogP contribution in [0.25, 0.3) is 10.9 Å². The molecule has 0 bridgehead atoms. The van der Waals surface area contributed by atoms with E-state index in [9.17, 15) is 18.3 Å². The Kier molecular flexibility index (Phi) is 5.56. The molecule has 0 saturated carbocycles. The number of aromatic amines is 1. The molecule has 27 heavy (non-hydrogen) atoms. The van der Waals surface area contributed by atoms with E-state index in [2.05, 4.69) is 11.9 Å². The molecule has 2 aromatic carbocycles. The van der Waals surface area contributed by atoms with Gasteiger partial charge in [-0.1, -0.05) is 31.4 Å². The number of aryl methyl sites for hydroxylation is 1. The number of unbranched alkanes of at least 4 members (excludes halogenated alkanes) is 2. The highest BCUT2D eigenvalue weighted by Crippen LogP contribution is 2.44. The standard InChI is InChI=1S/C20H19ClF3NO2/c1-2-3-4-5-12-11-25-18-7-6-14(10-15(12)18)27-19-16(20(22,23)24)8-13(26)9-17(19)21/h6-11,25-26H,2-5H2,1H3. The highest BCUT2D eigenvalue weighted by molar-refractivity contribution is 6.32. The number of fused-ring (bicyclic) bond motifs is 1. The fourth-order valence-corrected chi connectivity index (χ4v) is 3.26. The maximum absolute atomic E-state index is 13.3. The van der Waals surface area contributed by atoms with E-state index < -0.39 is 23.2 Å². The first-order valence-corrected chi connectivity index (χ1v) is 9.05. The molecule has 7 heteroatoms. The number of alkyl halides is 3. The van der Waals surface area contributed by atoms with Crippen LogP contribution in [0.15, 0.2) is 36.5 Å². The second-order valence-electron chi connectivity index (χ2n) is 6.38. The van der Waals surface area contributed by atoms with Crippen LogP contribution in [-0.4, -0.2) is 10.1 Å². The van der Waals surface area contributed by atoms with Crippen molar-refractivity contribution in [3.63, 3.8) is 0 Å². The van der Waals surface area contributed by atoms with Crippen molar-refractivity contribution in [2.45, 2.75) is 38.8 Å². The fraction of sp³-hybridized carbons (Fsp3) is 0.300. The van der Waals surface area contributed by atoms with Gasteiger partial charge in [-0.3, -0.25) is 0 Å². The zero-order valence-electron chi connectivity index (χ0n) is 14.7. The minimum Gasteiger partial charge on any atom is -0.508 e. The highest BCUT2D eigenvalue weighted by atomic mass is 35.5. The largest absolute Gasteiger partial charge is 0.508 e. The maximum Gasteiger partial charge on any atom is 0.420 e. The molecule has 0 aliphatic rings. The molecule has 3 nitrogen and oxygen atoms in total. The average Bonchev–Trinajstić information content (AvgIpc) is 2.99. The molecule has 2 N–H and O–H groups in total. The number of halogens is 4. The van der Waals surface area contributed by atoms with E-state index in [0.717, 1.165) is 48.2 Å². The molecule has 0 amide bonds. The number of hydrogen-bond donors (Lipinski definition) is 2. The Bertz CT molecular complexity index is 950. The van der Waals surface area contributed by atoms with Gasteiger partial charge in [-0.15, -0.1) is 0 Å². The summed E-state index contributed by atoms with van der Waals surface area (Å²) in [4.78, 5) is 3.17. The molecule has 0 unspecified atom stereocenters. The average molecular weight is 398 g/mol. The Morgan fingerprint density at radius 3 is 2.63 bits per heavy atom. The molecule has 1 aromatic heterocycles. The van der Waals surface area contributed by atoms with Crippen LogP contribution < -0.4 is 4.74 Å². The Morgan fingerprint density at radius 2 is 1.93 bits per heavy atom. The summed E-state index contributed by atoms with van der Waals surface area (Å²) in [7, 11) is 0. The molecular formula is C20H19ClF3NO2. The minimum absolute atomic E-state index is 0.247. The minimum atomic E-state index is -4.71. The van der Waals surface area contributed by atoms with Gasteiger partial charge >= 0.3 is 6.18 Å². The van der Waals surface area contributed by atoms with Crippen molar-refractivity contribution >= 4 is 22.5 Å². The van der Waals surface area contributed by atoms with Crippen molar-refractivity contribution in [3.8, 4) is 17.2 Å². The first kappa shape index (κ1) is 19.4. The van der Waals surface area contributed by atoms with E-state index in [4.69, 9.17) is 16.3 Å². The summed E-state index contributed by atoms with van der Waals surface area (Å²) in [5.74, 6) is -0.847. The molecule has 0 radical (unpaired) electrons. The number of aromatic hydroxyl groups is 1. The van der Waals surface area contributed by atoms with Crippen LogP contribution in [0.2, 0.25) is 5.02 Å². The summed E-state index contributed by atoms with van der Waals surface area (Å²) in [5.41, 5.74) is 0.864. The number of H-pyrrole nitrogens is 1. The number of aromatic nitrogens is 1. The van der Waals surface area contributed by atoms with Gasteiger partial charge in [-0.25, -0.2) is 0 Å². The van der Waals surface area contributed by atoms with E-state index in [1.165, 1.54) is 0 Å². The second kappa shape index (κ2) is 7.72. The second-order valence-corrected chi connectivity index (χ2v) is 6.79. The predicted octanol–water partition coefficient (Wildman–Crippen LogP) is 7.07. The molecular weight excluding hydrogens is 379 g/mol. The lowest BCUT2D eigenvalue weighted by molar-refractivity contribution is -0.138. The SMILES string of the molecule is CCCCCc1c[nH]c2ccc(Oc3c(Cl)cc(O)cc3C(F)(F)F)cc12. The summed E-state index contributed by atoms with van der Waals surface area (Å²) in [6.07, 6.45) is 1.35. The van der Waals surface area contributed by atoms with Gasteiger partial charge in [-0.05, 0) is 42.7 Å². The third-order valence-corrected chi connectivity index (χ3v) is 4.62. The summed E-state index contributed by atoms with van der Waals surface area (Å²) in [5, 5.41) is 10.1. The number of hydrogen-bond acceptors (Lipinski definition) is 2. The highest BCUT2D eigenvalue weighted by Gasteiger charge is 2.36. The van der Waals surface area contributed by atoms with Crippen LogP contribution in [0.3, 0.4) is 0 Å². The van der Waals surface area contributed by atoms with E-state index in [0.29, 0.717) is 6.07 Å². The Hall–Kier alpha value is -2.34. The summed E-state index contributed by atoms with van der Waals surface area (Å²) in [6.45, 7) is 2.13. The van der Waals surface area contributed by atoms with Crippen LogP contribution in [0.5, 0.6) is 17.2 Å². The molecule has 0 aliphatic carbocycles. The lowest BCUT2D eigenvalue weighted by atomic mass is 10.1. The van der Waals surface area contributed by atoms with Gasteiger partial charge < -0.3 is 14.8 Å². The zero-order valence-corrected chi connectivity index (χ0v) is 15.4. The Morgan fingerprint density at radius 1 is 1.15 bits per heavy atom. The molecule has 3 aromatic rings. The molecule has 0 aliphatic heterocycles. The van der Waals surface area contributed by atoms with E-state index >= 15 is 0 Å². The van der Waals surface area contributed by atoms with Crippen molar-refractivity contribution in [2.24, 2.45) is 0 Å². The van der Waals surface area contributed by atoms with Gasteiger partial charge in [0.25, 0.3) is 0 Å². The number of nitrogens with one attached hydrogen (secondary N) is 1. The van der Waals surface area contributed by atoms with Crippen molar-refractivity contribution in [2.75, 3.05) is 0 Å². The Balaban J connectivity index is 1.96. The lowest BCUT2D eigenvalue weighted by Gasteiger charge is -2.16. The van der Waals surface area contributed by atoms with E-state index in [1.54, 1.807) is 18.2 Å². The normalized spacial score (nSPS) is 11.9. The fourth-order valence-electron chi connectivity index (χ4n) is 3.00. The number of rotatable bonds is 6. The van der Waals surface area contributed by atoms with Crippen molar-refractivity contribution in [1.82, 2.24) is 4.98 Å². The molecule has 0 atom stereocenters. The van der Waals surface area contributed by atoms with Gasteiger partial charge in [0, 0.05) is 23.2 Å². The smallest absolute Gasteiger partial charge is 0.420 e. The molecule has 0 fully saturated rings. The lowest BCUT2D eigenvalue weighted by Crippen LogP contribution is -2.07. The van der Waals surface area contributed by atoms with E-state index in [1.807, 2.05) is 6.20 Å². The molecule has 0 saturated heterocycles. The predicted molar refractivity (Wildman–Crippen MR) is 99.7 cm³/mol. The van der Waals surface area contributed by atoms with Gasteiger partial charge in [0.05, 0.1) is 5.02 Å². The van der Waals surface area contributed by atoms with Crippen LogP contribution in [0.1, 0.15) is 37.3 Å². The molecule has 1 heterocycles. The number of benzene rings is 2. The van der Waals surface area contributed by atoms with Gasteiger partial charge in [-0.2, -0.15) is 13.2 Å². The van der Waals surface area contributed by atoms with Crippen molar-refractivity contribution in [3.05, 3.63) is 52.7 Å². The summed E-state index contributed by atoms with van der Waals surface area (Å²) in [6, 6.07) is 6.67. The van der Waals surface area contributed by atoms with Gasteiger partial charge in [0.1, 0.15) is 17.1 Å². The number of phenols is 1. The summed E-state index contributed by atoms with van der Waals surface area (Å²) >= 11 is 5.91. The quantitative estimate of drug-likeness (QED) is 0.437. The topological polar surface area (TPSA) is 45.2 Å². The number of ether oxygens (including phenoxy) is 1. The van der Waals surface area contributed by atoms with Gasteiger partial charge in [0.2, 0.25) is 0 Å². The monoisotopic (exact) mass is 397 g/mol. The van der Waals surface area contributed by atoms with Crippen molar-refractivity contribution < 1.29 is 23.0 Å². The van der Waals surface area contributed by atoms with E-state index in [-0.39, 0.29) is 10.8 Å². The first-order valence-electron chi connectivity index (χ1n) is 8.67. The van der Waals surface area contributed by atoms with Crippen LogP contribution in [0.4, 0.5) is 13.2 Å². The summed E-state index contributed by atoms with van der Waals surface area (Å²) < 4.78 is 45.4. The Labute approximate surface area is 159 Å². The zero-order chi connectivity index (χ0) is 19.6. The number of phenolic OH excluding ortho intramolecular Hbond substituents is 1. The molecule has 144 valence electrons. The third kappa shape index (κ3) is 4.33. The van der Waals surface area contributed by atoms with Crippen LogP contribution in [0, 0.1) is 0 Å². The van der Waals surface area contributed by atoms with Crippen molar-refractivity contribution in [1.29, 1.82) is 0 Å². The van der Waals surface area contributed by atoms with Crippen LogP contribution in [-0.2, 0) is 12.6 Å². The maximum atomic E-state index is 13.3. The molecule has 0 spiro atoms.